The van der Waals surface area contributed by atoms with Gasteiger partial charge in [0.05, 0.1) is 11.6 Å². The zero-order chi connectivity index (χ0) is 16.6. The van der Waals surface area contributed by atoms with Crippen molar-refractivity contribution in [2.75, 3.05) is 10.6 Å². The number of halogens is 1. The topological polar surface area (TPSA) is 71.1 Å². The molecule has 1 aliphatic rings. The van der Waals surface area contributed by atoms with Gasteiger partial charge in [0.2, 0.25) is 11.8 Å². The largest absolute Gasteiger partial charge is 0.326 e. The number of nitrogens with one attached hydrogen (secondary N) is 2. The highest BCUT2D eigenvalue weighted by Crippen LogP contribution is 2.34. The van der Waals surface area contributed by atoms with Crippen molar-refractivity contribution in [2.45, 2.75) is 32.6 Å². The molecule has 120 valence electrons. The van der Waals surface area contributed by atoms with E-state index in [4.69, 9.17) is 0 Å². The maximum Gasteiger partial charge on any atom is 0.234 e. The number of anilines is 2. The van der Waals surface area contributed by atoms with Crippen LogP contribution in [0.15, 0.2) is 18.2 Å². The van der Waals surface area contributed by atoms with Crippen LogP contribution >= 0.6 is 11.3 Å². The van der Waals surface area contributed by atoms with Crippen LogP contribution in [0.4, 0.5) is 15.2 Å². The number of fused-ring (bicyclic) bond motifs is 1. The molecule has 0 unspecified atom stereocenters. The lowest BCUT2D eigenvalue weighted by Gasteiger charge is -2.24. The summed E-state index contributed by atoms with van der Waals surface area (Å²) in [5.41, 5.74) is 1.92. The maximum atomic E-state index is 13.3. The van der Waals surface area contributed by atoms with Gasteiger partial charge in [0, 0.05) is 17.0 Å². The monoisotopic (exact) mass is 333 g/mol. The van der Waals surface area contributed by atoms with Crippen LogP contribution in [0.1, 0.15) is 35.4 Å². The Kier molecular flexibility index (Phi) is 4.12. The number of carbonyl (C=O) groups is 2. The maximum absolute atomic E-state index is 13.3. The molecule has 0 saturated heterocycles. The molecule has 3 rings (SSSR count). The minimum absolute atomic E-state index is 0.0372. The number of thiazole rings is 1. The third kappa shape index (κ3) is 3.10. The number of aryl methyl sites for hydroxylation is 2. The second-order valence-corrected chi connectivity index (χ2v) is 6.60. The Balaban J connectivity index is 1.86. The van der Waals surface area contributed by atoms with Crippen LogP contribution in [0.3, 0.4) is 0 Å². The van der Waals surface area contributed by atoms with Gasteiger partial charge in [-0.3, -0.25) is 9.59 Å². The van der Waals surface area contributed by atoms with Crippen LogP contribution in [-0.2, 0) is 16.0 Å². The highest BCUT2D eigenvalue weighted by atomic mass is 32.1. The first kappa shape index (κ1) is 15.6. The first-order valence-electron chi connectivity index (χ1n) is 7.34. The molecule has 1 aliphatic heterocycles. The summed E-state index contributed by atoms with van der Waals surface area (Å²) in [5, 5.41) is 5.90. The molecule has 5 nitrogen and oxygen atoms in total. The van der Waals surface area contributed by atoms with Crippen LogP contribution < -0.4 is 10.6 Å². The zero-order valence-corrected chi connectivity index (χ0v) is 13.6. The summed E-state index contributed by atoms with van der Waals surface area (Å²) in [4.78, 5) is 29.8. The Morgan fingerprint density at radius 1 is 1.52 bits per heavy atom. The minimum Gasteiger partial charge on any atom is -0.326 e. The number of rotatable bonds is 3. The van der Waals surface area contributed by atoms with Gasteiger partial charge in [-0.2, -0.15) is 0 Å². The van der Waals surface area contributed by atoms with E-state index in [9.17, 15) is 14.0 Å². The van der Waals surface area contributed by atoms with E-state index in [2.05, 4.69) is 15.6 Å². The van der Waals surface area contributed by atoms with Crippen molar-refractivity contribution in [3.63, 3.8) is 0 Å². The van der Waals surface area contributed by atoms with Crippen molar-refractivity contribution >= 4 is 34.0 Å². The minimum atomic E-state index is -0.645. The summed E-state index contributed by atoms with van der Waals surface area (Å²) in [6.07, 6.45) is 0.835. The summed E-state index contributed by atoms with van der Waals surface area (Å²) in [6.45, 7) is 3.96. The summed E-state index contributed by atoms with van der Waals surface area (Å²) < 4.78 is 13.3. The van der Waals surface area contributed by atoms with E-state index in [0.29, 0.717) is 16.4 Å². The van der Waals surface area contributed by atoms with Crippen molar-refractivity contribution in [1.29, 1.82) is 0 Å². The highest BCUT2D eigenvalue weighted by molar-refractivity contribution is 7.15. The van der Waals surface area contributed by atoms with E-state index in [1.807, 2.05) is 13.8 Å². The summed E-state index contributed by atoms with van der Waals surface area (Å²) in [6, 6.07) is 4.06. The highest BCUT2D eigenvalue weighted by Gasteiger charge is 2.31. The van der Waals surface area contributed by atoms with Gasteiger partial charge < -0.3 is 10.6 Å². The molecule has 2 heterocycles. The first-order chi connectivity index (χ1) is 11.0. The van der Waals surface area contributed by atoms with Gasteiger partial charge in [0.15, 0.2) is 5.13 Å². The predicted molar refractivity (Wildman–Crippen MR) is 87.2 cm³/mol. The summed E-state index contributed by atoms with van der Waals surface area (Å²) in [5.74, 6) is -1.70. The molecule has 7 heteroatoms. The van der Waals surface area contributed by atoms with Crippen LogP contribution in [0.2, 0.25) is 0 Å². The molecule has 1 aromatic heterocycles. The summed E-state index contributed by atoms with van der Waals surface area (Å²) in [7, 11) is 0. The lowest BCUT2D eigenvalue weighted by molar-refractivity contribution is -0.123. The van der Waals surface area contributed by atoms with Crippen molar-refractivity contribution in [3.05, 3.63) is 40.2 Å². The van der Waals surface area contributed by atoms with Crippen molar-refractivity contribution < 1.29 is 14.0 Å². The van der Waals surface area contributed by atoms with Gasteiger partial charge in [-0.05, 0) is 31.0 Å². The third-order valence-electron chi connectivity index (χ3n) is 3.83. The van der Waals surface area contributed by atoms with Gasteiger partial charge in [0.1, 0.15) is 5.82 Å². The quantitative estimate of drug-likeness (QED) is 0.906. The molecule has 2 amide bonds. The second-order valence-electron chi connectivity index (χ2n) is 5.40. The smallest absolute Gasteiger partial charge is 0.234 e. The Morgan fingerprint density at radius 3 is 3.00 bits per heavy atom. The molecular formula is C16H16FN3O2S. The Morgan fingerprint density at radius 2 is 2.30 bits per heavy atom. The van der Waals surface area contributed by atoms with Crippen LogP contribution in [0.5, 0.6) is 0 Å². The Hall–Kier alpha value is -2.28. The molecule has 0 fully saturated rings. The van der Waals surface area contributed by atoms with E-state index < -0.39 is 11.7 Å². The van der Waals surface area contributed by atoms with Crippen LogP contribution in [-0.4, -0.2) is 16.8 Å². The Labute approximate surface area is 136 Å². The number of benzene rings is 1. The standard InChI is InChI=1S/C16H16FN3O2S/c1-3-12-8(2)23-16(19-12)20-15(22)11-7-14(21)18-13-6-9(17)4-5-10(11)13/h4-6,11H,3,7H2,1-2H3,(H,18,21)(H,19,20,22)/t11-/m1/s1. The van der Waals surface area contributed by atoms with Gasteiger partial charge in [-0.25, -0.2) is 9.37 Å². The zero-order valence-electron chi connectivity index (χ0n) is 12.8. The van der Waals surface area contributed by atoms with Crippen molar-refractivity contribution in [2.24, 2.45) is 0 Å². The average Bonchev–Trinajstić information content (AvgIpc) is 2.85. The number of nitrogens with zero attached hydrogens (tertiary/aromatic N) is 1. The molecule has 0 saturated carbocycles. The van der Waals surface area contributed by atoms with Gasteiger partial charge >= 0.3 is 0 Å². The lowest BCUT2D eigenvalue weighted by Crippen LogP contribution is -2.30. The lowest BCUT2D eigenvalue weighted by atomic mass is 9.90. The number of amides is 2. The fraction of sp³-hybridized carbons (Fsp3) is 0.312. The summed E-state index contributed by atoms with van der Waals surface area (Å²) >= 11 is 1.41. The molecule has 0 bridgehead atoms. The first-order valence-corrected chi connectivity index (χ1v) is 8.16. The normalized spacial score (nSPS) is 16.7. The number of hydrogen-bond donors (Lipinski definition) is 2. The molecule has 2 N–H and O–H groups in total. The van der Waals surface area contributed by atoms with Crippen molar-refractivity contribution in [1.82, 2.24) is 4.98 Å². The molecule has 23 heavy (non-hydrogen) atoms. The Bertz CT molecular complexity index is 788. The van der Waals surface area contributed by atoms with E-state index in [1.54, 1.807) is 6.07 Å². The second kappa shape index (κ2) is 6.08. The molecule has 1 atom stereocenters. The van der Waals surface area contributed by atoms with E-state index in [0.717, 1.165) is 17.0 Å². The van der Waals surface area contributed by atoms with Crippen LogP contribution in [0.25, 0.3) is 0 Å². The number of hydrogen-bond acceptors (Lipinski definition) is 4. The molecular weight excluding hydrogens is 317 g/mol. The molecule has 2 aromatic rings. The fourth-order valence-electron chi connectivity index (χ4n) is 2.67. The van der Waals surface area contributed by atoms with E-state index in [-0.39, 0.29) is 18.2 Å². The molecule has 0 spiro atoms. The fourth-order valence-corrected chi connectivity index (χ4v) is 3.58. The average molecular weight is 333 g/mol. The number of aromatic nitrogens is 1. The van der Waals surface area contributed by atoms with E-state index in [1.165, 1.54) is 23.5 Å². The number of carbonyl (C=O) groups excluding carboxylic acids is 2. The third-order valence-corrected chi connectivity index (χ3v) is 4.76. The van der Waals surface area contributed by atoms with Gasteiger partial charge in [0.25, 0.3) is 0 Å². The van der Waals surface area contributed by atoms with Crippen molar-refractivity contribution in [3.8, 4) is 0 Å². The molecule has 0 radical (unpaired) electrons. The molecule has 0 aliphatic carbocycles. The van der Waals surface area contributed by atoms with Crippen LogP contribution in [0, 0.1) is 12.7 Å². The van der Waals surface area contributed by atoms with E-state index >= 15 is 0 Å². The van der Waals surface area contributed by atoms with Gasteiger partial charge in [-0.1, -0.05) is 13.0 Å². The SMILES string of the molecule is CCc1nc(NC(=O)[C@@H]2CC(=O)Nc3cc(F)ccc32)sc1C. The predicted octanol–water partition coefficient (Wildman–Crippen LogP) is 3.22. The molecule has 1 aromatic carbocycles. The van der Waals surface area contributed by atoms with Gasteiger partial charge in [-0.15, -0.1) is 11.3 Å².